The Bertz CT molecular complexity index is 1120. The van der Waals surface area contributed by atoms with E-state index in [-0.39, 0.29) is 11.7 Å². The molecule has 0 atom stereocenters. The van der Waals surface area contributed by atoms with Crippen LogP contribution in [0.25, 0.3) is 22.5 Å². The number of nitrogens with two attached hydrogens (primary N) is 1. The lowest BCUT2D eigenvalue weighted by Gasteiger charge is -2.26. The molecule has 1 aromatic carbocycles. The number of pyridine rings is 1. The Morgan fingerprint density at radius 3 is 2.43 bits per heavy atom. The van der Waals surface area contributed by atoms with E-state index in [0.717, 1.165) is 11.3 Å². The number of rotatable bonds is 4. The van der Waals surface area contributed by atoms with Crippen molar-refractivity contribution >= 4 is 5.91 Å². The average molecular weight is 407 g/mol. The number of aryl methyl sites for hydroxylation is 1. The Kier molecular flexibility index (Phi) is 5.70. The van der Waals surface area contributed by atoms with Crippen molar-refractivity contribution in [3.63, 3.8) is 0 Å². The summed E-state index contributed by atoms with van der Waals surface area (Å²) < 4.78 is 14.4. The van der Waals surface area contributed by atoms with Gasteiger partial charge in [0, 0.05) is 22.9 Å². The lowest BCUT2D eigenvalue weighted by Crippen LogP contribution is -2.23. The van der Waals surface area contributed by atoms with Gasteiger partial charge in [-0.2, -0.15) is 0 Å². The minimum atomic E-state index is -0.555. The van der Waals surface area contributed by atoms with Crippen LogP contribution < -0.4 is 5.73 Å². The highest BCUT2D eigenvalue weighted by atomic mass is 19.1. The first-order valence-corrected chi connectivity index (χ1v) is 9.92. The Morgan fingerprint density at radius 2 is 1.87 bits per heavy atom. The quantitative estimate of drug-likeness (QED) is 0.648. The van der Waals surface area contributed by atoms with Crippen LogP contribution in [0.2, 0.25) is 0 Å². The zero-order valence-corrected chi connectivity index (χ0v) is 18.2. The molecule has 2 aromatic heterocycles. The van der Waals surface area contributed by atoms with E-state index in [4.69, 9.17) is 10.7 Å². The zero-order valence-electron chi connectivity index (χ0n) is 18.2. The summed E-state index contributed by atoms with van der Waals surface area (Å²) in [6, 6.07) is 6.67. The van der Waals surface area contributed by atoms with E-state index >= 15 is 0 Å². The first kappa shape index (κ1) is 21.6. The second kappa shape index (κ2) is 7.94. The van der Waals surface area contributed by atoms with Crippen molar-refractivity contribution in [3.8, 4) is 22.5 Å². The van der Waals surface area contributed by atoms with Crippen molar-refractivity contribution in [2.75, 3.05) is 0 Å². The number of hydrogen-bond donors (Lipinski definition) is 1. The topological polar surface area (TPSA) is 81.8 Å². The number of halogens is 1. The lowest BCUT2D eigenvalue weighted by atomic mass is 9.80. The third kappa shape index (κ3) is 4.08. The summed E-state index contributed by atoms with van der Waals surface area (Å²) in [7, 11) is 0. The zero-order chi connectivity index (χ0) is 22.2. The van der Waals surface area contributed by atoms with Crippen molar-refractivity contribution in [3.05, 3.63) is 65.0 Å². The minimum Gasteiger partial charge on any atom is -0.366 e. The standard InChI is InChI=1S/C24H27FN4O/c1-13(2)21-17(11-27-12-28-21)19-10-16(23(26)30)20(24(4,5)6)22(29-19)15-8-7-14(3)18(25)9-15/h7-13H,1-6H3,(H2,26,30). The highest BCUT2D eigenvalue weighted by molar-refractivity contribution is 5.98. The summed E-state index contributed by atoms with van der Waals surface area (Å²) in [5.74, 6) is -0.754. The normalized spacial score (nSPS) is 11.7. The predicted molar refractivity (Wildman–Crippen MR) is 117 cm³/mol. The Morgan fingerprint density at radius 1 is 1.17 bits per heavy atom. The van der Waals surface area contributed by atoms with E-state index in [2.05, 4.69) is 9.97 Å². The molecule has 0 bridgehead atoms. The summed E-state index contributed by atoms with van der Waals surface area (Å²) in [5.41, 5.74) is 10.1. The van der Waals surface area contributed by atoms with Crippen LogP contribution in [-0.4, -0.2) is 20.9 Å². The molecular formula is C24H27FN4O. The number of carbonyl (C=O) groups excluding carboxylic acids is 1. The molecular weight excluding hydrogens is 379 g/mol. The van der Waals surface area contributed by atoms with Gasteiger partial charge in [0.05, 0.1) is 17.1 Å². The maximum absolute atomic E-state index is 14.4. The smallest absolute Gasteiger partial charge is 0.249 e. The molecule has 156 valence electrons. The van der Waals surface area contributed by atoms with Crippen LogP contribution in [0.4, 0.5) is 4.39 Å². The number of benzene rings is 1. The van der Waals surface area contributed by atoms with Crippen molar-refractivity contribution in [2.45, 2.75) is 52.9 Å². The van der Waals surface area contributed by atoms with Crippen LogP contribution in [0.5, 0.6) is 0 Å². The highest BCUT2D eigenvalue weighted by Crippen LogP contribution is 2.38. The summed E-state index contributed by atoms with van der Waals surface area (Å²) in [6.07, 6.45) is 3.18. The molecule has 0 saturated heterocycles. The molecule has 2 N–H and O–H groups in total. The fourth-order valence-corrected chi connectivity index (χ4v) is 3.58. The van der Waals surface area contributed by atoms with Crippen LogP contribution in [0.3, 0.4) is 0 Å². The largest absolute Gasteiger partial charge is 0.366 e. The molecule has 5 nitrogen and oxygen atoms in total. The van der Waals surface area contributed by atoms with Gasteiger partial charge < -0.3 is 5.73 Å². The van der Waals surface area contributed by atoms with Crippen molar-refractivity contribution < 1.29 is 9.18 Å². The lowest BCUT2D eigenvalue weighted by molar-refractivity contribution is 0.0998. The Labute approximate surface area is 176 Å². The van der Waals surface area contributed by atoms with Crippen LogP contribution in [0.1, 0.15) is 67.7 Å². The molecule has 3 rings (SSSR count). The van der Waals surface area contributed by atoms with Crippen LogP contribution in [-0.2, 0) is 5.41 Å². The second-order valence-electron chi connectivity index (χ2n) is 8.83. The SMILES string of the molecule is Cc1ccc(-c2nc(-c3cncnc3C(C)C)cc(C(N)=O)c2C(C)(C)C)cc1F. The summed E-state index contributed by atoms with van der Waals surface area (Å²) >= 11 is 0. The van der Waals surface area contributed by atoms with Gasteiger partial charge in [-0.25, -0.2) is 19.3 Å². The number of hydrogen-bond acceptors (Lipinski definition) is 4. The molecule has 0 radical (unpaired) electrons. The first-order valence-electron chi connectivity index (χ1n) is 9.92. The first-order chi connectivity index (χ1) is 14.0. The van der Waals surface area contributed by atoms with Gasteiger partial charge >= 0.3 is 0 Å². The molecule has 3 aromatic rings. The molecule has 0 spiro atoms. The molecule has 0 unspecified atom stereocenters. The molecule has 0 aliphatic heterocycles. The number of carbonyl (C=O) groups is 1. The number of nitrogens with zero attached hydrogens (tertiary/aromatic N) is 3. The molecule has 30 heavy (non-hydrogen) atoms. The molecule has 0 fully saturated rings. The Hall–Kier alpha value is -3.15. The van der Waals surface area contributed by atoms with Crippen LogP contribution in [0, 0.1) is 12.7 Å². The van der Waals surface area contributed by atoms with Crippen molar-refractivity contribution in [2.24, 2.45) is 5.73 Å². The van der Waals surface area contributed by atoms with Gasteiger partial charge in [-0.1, -0.05) is 46.8 Å². The van der Waals surface area contributed by atoms with E-state index in [1.807, 2.05) is 40.7 Å². The third-order valence-electron chi connectivity index (χ3n) is 5.05. The summed E-state index contributed by atoms with van der Waals surface area (Å²) in [5, 5.41) is 0. The predicted octanol–water partition coefficient (Wildman–Crippen LogP) is 5.17. The van der Waals surface area contributed by atoms with E-state index < -0.39 is 11.3 Å². The maximum Gasteiger partial charge on any atom is 0.249 e. The molecule has 0 aliphatic rings. The number of amides is 1. The van der Waals surface area contributed by atoms with E-state index in [1.165, 1.54) is 12.4 Å². The summed E-state index contributed by atoms with van der Waals surface area (Å²) in [4.78, 5) is 25.9. The molecule has 1 amide bonds. The Balaban J connectivity index is 2.42. The van der Waals surface area contributed by atoms with E-state index in [1.54, 1.807) is 25.3 Å². The summed E-state index contributed by atoms with van der Waals surface area (Å²) in [6.45, 7) is 11.7. The van der Waals surface area contributed by atoms with E-state index in [9.17, 15) is 9.18 Å². The minimum absolute atomic E-state index is 0.129. The van der Waals surface area contributed by atoms with Crippen LogP contribution in [0.15, 0.2) is 36.8 Å². The average Bonchev–Trinajstić information content (AvgIpc) is 2.68. The monoisotopic (exact) mass is 406 g/mol. The fourth-order valence-electron chi connectivity index (χ4n) is 3.58. The third-order valence-corrected chi connectivity index (χ3v) is 5.05. The molecule has 2 heterocycles. The number of aromatic nitrogens is 3. The van der Waals surface area contributed by atoms with Gasteiger partial charge in [0.15, 0.2) is 0 Å². The van der Waals surface area contributed by atoms with Gasteiger partial charge in [-0.3, -0.25) is 4.79 Å². The van der Waals surface area contributed by atoms with Gasteiger partial charge in [-0.05, 0) is 41.5 Å². The van der Waals surface area contributed by atoms with E-state index in [0.29, 0.717) is 33.6 Å². The van der Waals surface area contributed by atoms with Crippen molar-refractivity contribution in [1.82, 2.24) is 15.0 Å². The maximum atomic E-state index is 14.4. The molecule has 6 heteroatoms. The molecule has 0 saturated carbocycles. The van der Waals surface area contributed by atoms with Gasteiger partial charge in [0.1, 0.15) is 12.1 Å². The van der Waals surface area contributed by atoms with Gasteiger partial charge in [0.2, 0.25) is 5.91 Å². The highest BCUT2D eigenvalue weighted by Gasteiger charge is 2.28. The molecule has 0 aliphatic carbocycles. The second-order valence-corrected chi connectivity index (χ2v) is 8.83. The fraction of sp³-hybridized carbons (Fsp3) is 0.333. The number of primary amides is 1. The van der Waals surface area contributed by atoms with Crippen LogP contribution >= 0.6 is 0 Å². The van der Waals surface area contributed by atoms with Crippen molar-refractivity contribution in [1.29, 1.82) is 0 Å². The van der Waals surface area contributed by atoms with Gasteiger partial charge in [-0.15, -0.1) is 0 Å². The van der Waals surface area contributed by atoms with Gasteiger partial charge in [0.25, 0.3) is 0 Å².